The van der Waals surface area contributed by atoms with Crippen LogP contribution in [0.3, 0.4) is 0 Å². The normalized spacial score (nSPS) is 11.5. The Morgan fingerprint density at radius 1 is 0.116 bits per heavy atom. The SMILES string of the molecule is Fc1c(F)c(F)[c]([Ge]([c]2c(F)c(F)c(F)c(F)c2F)[c]2c(F)c(F)c(F)c(F)c2F)c(F)c1F.Fc1c(F)c(F)[c]([Ge]([c]2c(F)c(F)c(F)c(F)c2F)[c]2c(F)c(F)c(F)c(F)c2F)c(F)c1F.[Se]. The Morgan fingerprint density at radius 2 is 0.174 bits per heavy atom. The molecule has 69 heavy (non-hydrogen) atoms. The summed E-state index contributed by atoms with van der Waals surface area (Å²) in [4.78, 5) is 0. The minimum absolute atomic E-state index is 0. The van der Waals surface area contributed by atoms with Crippen molar-refractivity contribution in [2.24, 2.45) is 0 Å². The molecule has 6 aromatic rings. The number of hydrogen-bond donors (Lipinski definition) is 0. The standard InChI is InChI=1S/2C18F15Ge.Se/c2*19-1-4(22)10(28)16(11(29)5(1)23)34(17-12(30)6(24)2(20)7(25)13(17)31)18-14(32)8(26)3(21)9(27)15(18)33;. The van der Waals surface area contributed by atoms with Crippen molar-refractivity contribution in [1.29, 1.82) is 0 Å². The Kier molecular flexibility index (Phi) is 16.6. The maximum absolute atomic E-state index is 14.4. The molecule has 0 spiro atoms. The molecule has 0 amide bonds. The first-order valence-electron chi connectivity index (χ1n) is 16.2. The van der Waals surface area contributed by atoms with Gasteiger partial charge in [-0.25, -0.2) is 0 Å². The molecule has 6 aromatic carbocycles. The summed E-state index contributed by atoms with van der Waals surface area (Å²) in [6, 6.07) is 0. The molecule has 4 radical (unpaired) electrons. The van der Waals surface area contributed by atoms with Crippen molar-refractivity contribution in [1.82, 2.24) is 0 Å². The summed E-state index contributed by atoms with van der Waals surface area (Å²) in [7, 11) is 0. The molecule has 0 aromatic heterocycles. The minimum atomic E-state index is -6.37. The van der Waals surface area contributed by atoms with E-state index < -0.39 is 230 Å². The summed E-state index contributed by atoms with van der Waals surface area (Å²) in [6.07, 6.45) is 0. The van der Waals surface area contributed by atoms with E-state index in [1.54, 1.807) is 0 Å². The Bertz CT molecular complexity index is 2450. The molecule has 33 heteroatoms. The van der Waals surface area contributed by atoms with E-state index in [0.717, 1.165) is 0 Å². The van der Waals surface area contributed by atoms with Crippen LogP contribution in [0.15, 0.2) is 0 Å². The van der Waals surface area contributed by atoms with Crippen LogP contribution in [-0.2, 0) is 0 Å². The van der Waals surface area contributed by atoms with Gasteiger partial charge in [-0.2, -0.15) is 0 Å². The third-order valence-electron chi connectivity index (χ3n) is 8.76. The van der Waals surface area contributed by atoms with Crippen molar-refractivity contribution in [2.75, 3.05) is 0 Å². The molecule has 0 nitrogen and oxygen atoms in total. The predicted octanol–water partition coefficient (Wildman–Crippen LogP) is 8.20. The maximum Gasteiger partial charge on any atom is 0 e. The van der Waals surface area contributed by atoms with Gasteiger partial charge in [-0.15, -0.1) is 0 Å². The Balaban J connectivity index is 0.000000296. The van der Waals surface area contributed by atoms with Crippen LogP contribution in [0.5, 0.6) is 0 Å². The largest absolute Gasteiger partial charge is 0 e. The molecular formula is C36F30Ge2Se. The van der Waals surface area contributed by atoms with Gasteiger partial charge in [0.15, 0.2) is 0 Å². The average molecular weight is 1230 g/mol. The fraction of sp³-hybridized carbons (Fsp3) is 0. The fourth-order valence-electron chi connectivity index (χ4n) is 5.70. The van der Waals surface area contributed by atoms with Gasteiger partial charge in [0, 0.05) is 17.1 Å². The van der Waals surface area contributed by atoms with Gasteiger partial charge in [0.1, 0.15) is 0 Å². The maximum atomic E-state index is 14.4. The molecule has 6 rings (SSSR count). The number of halogens is 30. The van der Waals surface area contributed by atoms with Crippen LogP contribution in [0, 0.1) is 175 Å². The van der Waals surface area contributed by atoms with Crippen molar-refractivity contribution in [3.63, 3.8) is 0 Å². The summed E-state index contributed by atoms with van der Waals surface area (Å²) in [5.74, 6) is -88.9. The number of rotatable bonds is 6. The molecule has 0 aliphatic rings. The number of benzene rings is 6. The van der Waals surface area contributed by atoms with Crippen LogP contribution in [0.1, 0.15) is 0 Å². The van der Waals surface area contributed by atoms with E-state index in [-0.39, 0.29) is 17.1 Å². The van der Waals surface area contributed by atoms with E-state index in [0.29, 0.717) is 0 Å². The van der Waals surface area contributed by atoms with Crippen molar-refractivity contribution in [2.45, 2.75) is 0 Å². The Labute approximate surface area is 377 Å². The van der Waals surface area contributed by atoms with Crippen LogP contribution in [-0.4, -0.2) is 45.8 Å². The van der Waals surface area contributed by atoms with E-state index in [4.69, 9.17) is 0 Å². The monoisotopic (exact) mass is 1230 g/mol. The topological polar surface area (TPSA) is 0 Å². The summed E-state index contributed by atoms with van der Waals surface area (Å²) in [6.45, 7) is 0. The molecule has 0 heterocycles. The molecule has 0 saturated carbocycles. The van der Waals surface area contributed by atoms with Crippen LogP contribution in [0.25, 0.3) is 0 Å². The van der Waals surface area contributed by atoms with Crippen LogP contribution < -0.4 is 26.4 Å². The molecule has 0 atom stereocenters. The van der Waals surface area contributed by atoms with Gasteiger partial charge in [-0.05, 0) is 0 Å². The molecule has 368 valence electrons. The Morgan fingerprint density at radius 3 is 0.246 bits per heavy atom. The summed E-state index contributed by atoms with van der Waals surface area (Å²) >= 11 is -12.7. The van der Waals surface area contributed by atoms with Gasteiger partial charge in [0.05, 0.1) is 0 Å². The van der Waals surface area contributed by atoms with E-state index in [1.807, 2.05) is 0 Å². The summed E-state index contributed by atoms with van der Waals surface area (Å²) < 4.78 is 403. The molecule has 0 saturated heterocycles. The summed E-state index contributed by atoms with van der Waals surface area (Å²) in [5, 5.41) is 0. The van der Waals surface area contributed by atoms with E-state index >= 15 is 0 Å². The zero-order valence-corrected chi connectivity index (χ0v) is 36.7. The smallest absolute Gasteiger partial charge is 0 e. The molecular weight excluding hydrogens is 1230 g/mol. The second kappa shape index (κ2) is 20.3. The van der Waals surface area contributed by atoms with E-state index in [9.17, 15) is 132 Å². The molecule has 0 N–H and O–H groups in total. The molecule has 0 aliphatic heterocycles. The quantitative estimate of drug-likeness (QED) is 0.0684. The van der Waals surface area contributed by atoms with Gasteiger partial charge in [-0.3, -0.25) is 0 Å². The van der Waals surface area contributed by atoms with Crippen LogP contribution in [0.4, 0.5) is 132 Å². The number of hydrogen-bond acceptors (Lipinski definition) is 0. The van der Waals surface area contributed by atoms with E-state index in [2.05, 4.69) is 0 Å². The second-order valence-corrected chi connectivity index (χ2v) is 21.9. The van der Waals surface area contributed by atoms with Crippen molar-refractivity contribution >= 4 is 72.1 Å². The molecule has 0 bridgehead atoms. The van der Waals surface area contributed by atoms with Gasteiger partial charge in [0.25, 0.3) is 0 Å². The van der Waals surface area contributed by atoms with E-state index in [1.165, 1.54) is 0 Å². The second-order valence-electron chi connectivity index (χ2n) is 12.4. The third-order valence-corrected chi connectivity index (χ3v) is 20.6. The first-order valence-corrected chi connectivity index (χ1v) is 22.5. The van der Waals surface area contributed by atoms with Gasteiger partial charge >= 0.3 is 361 Å². The van der Waals surface area contributed by atoms with Gasteiger partial charge < -0.3 is 0 Å². The van der Waals surface area contributed by atoms with Crippen LogP contribution >= 0.6 is 0 Å². The van der Waals surface area contributed by atoms with Gasteiger partial charge in [0.2, 0.25) is 0 Å². The average Bonchev–Trinajstić information content (AvgIpc) is 3.31. The minimum Gasteiger partial charge on any atom is 0 e. The third kappa shape index (κ3) is 8.77. The fourth-order valence-corrected chi connectivity index (χ4v) is 17.1. The molecule has 0 unspecified atom stereocenters. The van der Waals surface area contributed by atoms with Gasteiger partial charge in [-0.1, -0.05) is 0 Å². The zero-order chi connectivity index (χ0) is 51.9. The molecule has 0 fully saturated rings. The van der Waals surface area contributed by atoms with Crippen molar-refractivity contribution in [3.8, 4) is 0 Å². The first kappa shape index (κ1) is 56.4. The van der Waals surface area contributed by atoms with Crippen LogP contribution in [0.2, 0.25) is 0 Å². The Hall–Kier alpha value is -5.17. The van der Waals surface area contributed by atoms with Crippen molar-refractivity contribution in [3.05, 3.63) is 175 Å². The summed E-state index contributed by atoms with van der Waals surface area (Å²) in [5.41, 5.74) is 0. The van der Waals surface area contributed by atoms with Crippen molar-refractivity contribution < 1.29 is 132 Å². The first-order chi connectivity index (χ1) is 31.3. The predicted molar refractivity (Wildman–Crippen MR) is 172 cm³/mol. The zero-order valence-electron chi connectivity index (χ0n) is 30.7. The molecule has 0 aliphatic carbocycles.